The van der Waals surface area contributed by atoms with Gasteiger partial charge in [-0.05, 0) is 56.4 Å². The van der Waals surface area contributed by atoms with Crippen LogP contribution >= 0.6 is 22.9 Å². The lowest BCUT2D eigenvalue weighted by molar-refractivity contribution is -0.143. The summed E-state index contributed by atoms with van der Waals surface area (Å²) in [7, 11) is 0. The minimum Gasteiger partial charge on any atom is -0.489 e. The van der Waals surface area contributed by atoms with E-state index in [0.717, 1.165) is 41.1 Å². The summed E-state index contributed by atoms with van der Waals surface area (Å²) in [6, 6.07) is 5.67. The fourth-order valence-electron chi connectivity index (χ4n) is 3.22. The average Bonchev–Trinajstić information content (AvgIpc) is 2.98. The molecular weight excluding hydrogens is 360 g/mol. The Hall–Kier alpha value is -1.63. The summed E-state index contributed by atoms with van der Waals surface area (Å²) >= 11 is 7.56. The van der Waals surface area contributed by atoms with Gasteiger partial charge in [-0.25, -0.2) is 4.98 Å². The third-order valence-electron chi connectivity index (χ3n) is 4.54. The van der Waals surface area contributed by atoms with Gasteiger partial charge in [0.05, 0.1) is 32.6 Å². The van der Waals surface area contributed by atoms with Crippen molar-refractivity contribution < 1.29 is 14.6 Å². The Labute approximate surface area is 155 Å². The molecule has 0 radical (unpaired) electrons. The molecule has 2 aromatic rings. The van der Waals surface area contributed by atoms with Crippen molar-refractivity contribution in [1.29, 1.82) is 0 Å². The topological polar surface area (TPSA) is 85.4 Å². The molecule has 0 amide bonds. The molecule has 134 valence electrons. The summed E-state index contributed by atoms with van der Waals surface area (Å²) in [6.07, 6.45) is 2.96. The van der Waals surface area contributed by atoms with Crippen LogP contribution in [0.5, 0.6) is 5.75 Å². The Kier molecular flexibility index (Phi) is 5.61. The minimum absolute atomic E-state index is 0.0722. The minimum atomic E-state index is -0.734. The first-order valence-electron chi connectivity index (χ1n) is 8.33. The van der Waals surface area contributed by atoms with Gasteiger partial charge in [0.25, 0.3) is 0 Å². The largest absolute Gasteiger partial charge is 0.489 e. The van der Waals surface area contributed by atoms with Crippen molar-refractivity contribution in [2.75, 3.05) is 0 Å². The number of rotatable bonds is 5. The van der Waals surface area contributed by atoms with Gasteiger partial charge in [-0.2, -0.15) is 0 Å². The lowest BCUT2D eigenvalue weighted by Gasteiger charge is -2.27. The van der Waals surface area contributed by atoms with Crippen LogP contribution in [0.1, 0.15) is 36.9 Å². The Balaban J connectivity index is 1.77. The number of hydrogen-bond donors (Lipinski definition) is 2. The zero-order valence-corrected chi connectivity index (χ0v) is 15.6. The van der Waals surface area contributed by atoms with Gasteiger partial charge in [0.15, 0.2) is 0 Å². The van der Waals surface area contributed by atoms with E-state index in [1.165, 1.54) is 11.3 Å². The molecule has 2 atom stereocenters. The Bertz CT molecular complexity index is 778. The van der Waals surface area contributed by atoms with Gasteiger partial charge in [0, 0.05) is 6.54 Å². The van der Waals surface area contributed by atoms with Crippen molar-refractivity contribution in [2.24, 2.45) is 11.7 Å². The Morgan fingerprint density at radius 3 is 2.96 bits per heavy atom. The van der Waals surface area contributed by atoms with Crippen LogP contribution in [0.3, 0.4) is 0 Å². The van der Waals surface area contributed by atoms with E-state index in [0.29, 0.717) is 23.1 Å². The smallest absolute Gasteiger partial charge is 0.306 e. The first-order chi connectivity index (χ1) is 12.0. The summed E-state index contributed by atoms with van der Waals surface area (Å²) < 4.78 is 6.74. The molecule has 0 spiro atoms. The molecule has 1 fully saturated rings. The van der Waals surface area contributed by atoms with Gasteiger partial charge in [-0.15, -0.1) is 11.3 Å². The van der Waals surface area contributed by atoms with Gasteiger partial charge in [0.1, 0.15) is 5.75 Å². The van der Waals surface area contributed by atoms with Crippen molar-refractivity contribution in [3.63, 3.8) is 0 Å². The van der Waals surface area contributed by atoms with Crippen LogP contribution in [-0.4, -0.2) is 22.2 Å². The molecular formula is C18H21ClN2O3S. The molecule has 5 nitrogen and oxygen atoms in total. The maximum Gasteiger partial charge on any atom is 0.306 e. The molecule has 1 saturated carbocycles. The van der Waals surface area contributed by atoms with Crippen LogP contribution in [0.4, 0.5) is 0 Å². The molecule has 0 saturated heterocycles. The number of nitrogens with two attached hydrogens (primary N) is 1. The molecule has 2 heterocycles. The number of aromatic nitrogens is 1. The number of halogens is 1. The normalized spacial score (nSPS) is 20.4. The van der Waals surface area contributed by atoms with Crippen molar-refractivity contribution >= 4 is 28.9 Å². The van der Waals surface area contributed by atoms with Gasteiger partial charge in [0.2, 0.25) is 0 Å². The SMILES string of the molecule is Cc1nc(-c2sc(Cl)cc2CN)ccc1O[C@H]1CCC[C@H](C(=O)O)C1. The average molecular weight is 381 g/mol. The number of pyridine rings is 1. The summed E-state index contributed by atoms with van der Waals surface area (Å²) in [5.74, 6) is -0.342. The maximum atomic E-state index is 11.2. The van der Waals surface area contributed by atoms with Crippen LogP contribution < -0.4 is 10.5 Å². The molecule has 0 bridgehead atoms. The first-order valence-corrected chi connectivity index (χ1v) is 9.53. The number of aliphatic carboxylic acids is 1. The number of aryl methyl sites for hydroxylation is 1. The van der Waals surface area contributed by atoms with Crippen molar-refractivity contribution in [1.82, 2.24) is 4.98 Å². The quantitative estimate of drug-likeness (QED) is 0.809. The number of hydrogen-bond acceptors (Lipinski definition) is 5. The van der Waals surface area contributed by atoms with Crippen molar-refractivity contribution in [2.45, 2.75) is 45.3 Å². The van der Waals surface area contributed by atoms with Crippen molar-refractivity contribution in [3.05, 3.63) is 33.8 Å². The molecule has 0 aromatic carbocycles. The van der Waals surface area contributed by atoms with Gasteiger partial charge in [-0.1, -0.05) is 11.6 Å². The number of carboxylic acid groups (broad SMARTS) is 1. The summed E-state index contributed by atoms with van der Waals surface area (Å²) in [4.78, 5) is 16.8. The lowest BCUT2D eigenvalue weighted by atomic mass is 9.87. The Morgan fingerprint density at radius 1 is 1.48 bits per heavy atom. The van der Waals surface area contributed by atoms with E-state index in [2.05, 4.69) is 4.98 Å². The zero-order valence-electron chi connectivity index (χ0n) is 14.0. The lowest BCUT2D eigenvalue weighted by Crippen LogP contribution is -2.29. The Morgan fingerprint density at radius 2 is 2.28 bits per heavy atom. The van der Waals surface area contributed by atoms with Crippen LogP contribution in [0.25, 0.3) is 10.6 Å². The monoisotopic (exact) mass is 380 g/mol. The highest BCUT2D eigenvalue weighted by Gasteiger charge is 2.28. The van der Waals surface area contributed by atoms with Gasteiger partial charge < -0.3 is 15.6 Å². The van der Waals surface area contributed by atoms with Gasteiger partial charge >= 0.3 is 5.97 Å². The molecule has 0 unspecified atom stereocenters. The van der Waals surface area contributed by atoms with E-state index in [-0.39, 0.29) is 12.0 Å². The van der Waals surface area contributed by atoms with E-state index in [1.54, 1.807) is 0 Å². The molecule has 3 N–H and O–H groups in total. The third-order valence-corrected chi connectivity index (χ3v) is 5.87. The van der Waals surface area contributed by atoms with E-state index in [1.807, 2.05) is 25.1 Å². The first kappa shape index (κ1) is 18.2. The number of ether oxygens (including phenoxy) is 1. The summed E-state index contributed by atoms with van der Waals surface area (Å²) in [6.45, 7) is 2.31. The maximum absolute atomic E-state index is 11.2. The highest BCUT2D eigenvalue weighted by molar-refractivity contribution is 7.19. The second-order valence-corrected chi connectivity index (χ2v) is 8.01. The van der Waals surface area contributed by atoms with Gasteiger partial charge in [-0.3, -0.25) is 4.79 Å². The predicted octanol–water partition coefficient (Wildman–Crippen LogP) is 4.25. The molecule has 0 aliphatic heterocycles. The molecule has 25 heavy (non-hydrogen) atoms. The van der Waals surface area contributed by atoms with Crippen LogP contribution in [-0.2, 0) is 11.3 Å². The third kappa shape index (κ3) is 4.14. The fraction of sp³-hybridized carbons (Fsp3) is 0.444. The number of nitrogens with zero attached hydrogens (tertiary/aromatic N) is 1. The molecule has 1 aliphatic carbocycles. The standard InChI is InChI=1S/C18H21ClN2O3S/c1-10-15(24-13-4-2-3-11(7-13)18(22)23)6-5-14(21-10)17-12(9-20)8-16(19)25-17/h5-6,8,11,13H,2-4,7,9,20H2,1H3,(H,22,23)/t11-,13-/m0/s1. The number of carbonyl (C=O) groups is 1. The van der Waals surface area contributed by atoms with Crippen LogP contribution in [0, 0.1) is 12.8 Å². The van der Waals surface area contributed by atoms with E-state index in [9.17, 15) is 9.90 Å². The molecule has 2 aromatic heterocycles. The zero-order chi connectivity index (χ0) is 18.0. The van der Waals surface area contributed by atoms with Crippen LogP contribution in [0.15, 0.2) is 18.2 Å². The second kappa shape index (κ2) is 7.72. The number of thiophene rings is 1. The van der Waals surface area contributed by atoms with Crippen molar-refractivity contribution in [3.8, 4) is 16.3 Å². The summed E-state index contributed by atoms with van der Waals surface area (Å²) in [5.41, 5.74) is 8.36. The highest BCUT2D eigenvalue weighted by atomic mass is 35.5. The second-order valence-electron chi connectivity index (χ2n) is 6.33. The predicted molar refractivity (Wildman–Crippen MR) is 99.2 cm³/mol. The molecule has 1 aliphatic rings. The van der Waals surface area contributed by atoms with E-state index < -0.39 is 5.97 Å². The van der Waals surface area contributed by atoms with Crippen LogP contribution in [0.2, 0.25) is 4.34 Å². The summed E-state index contributed by atoms with van der Waals surface area (Å²) in [5, 5.41) is 9.20. The fourth-order valence-corrected chi connectivity index (χ4v) is 4.47. The molecule has 3 rings (SSSR count). The molecule has 7 heteroatoms. The van der Waals surface area contributed by atoms with E-state index >= 15 is 0 Å². The number of carboxylic acids is 1. The van der Waals surface area contributed by atoms with E-state index in [4.69, 9.17) is 22.1 Å². The highest BCUT2D eigenvalue weighted by Crippen LogP contribution is 2.36.